The highest BCUT2D eigenvalue weighted by Gasteiger charge is 2.44. The molecule has 1 aliphatic heterocycles. The van der Waals surface area contributed by atoms with Gasteiger partial charge in [-0.25, -0.2) is 0 Å². The van der Waals surface area contributed by atoms with Crippen molar-refractivity contribution in [1.29, 1.82) is 0 Å². The van der Waals surface area contributed by atoms with Crippen LogP contribution in [0.3, 0.4) is 0 Å². The number of aliphatic hydroxyl groups is 4. The van der Waals surface area contributed by atoms with Gasteiger partial charge in [0.05, 0.1) is 12.7 Å². The van der Waals surface area contributed by atoms with E-state index in [0.29, 0.717) is 12.0 Å². The molecule has 4 N–H and O–H groups in total. The zero-order chi connectivity index (χ0) is 23.5. The van der Waals surface area contributed by atoms with Gasteiger partial charge in [-0.2, -0.15) is 0 Å². The van der Waals surface area contributed by atoms with Crippen LogP contribution in [-0.2, 0) is 15.9 Å². The molecular weight excluding hydrogens is 424 g/mol. The van der Waals surface area contributed by atoms with E-state index >= 15 is 0 Å². The highest BCUT2D eigenvalue weighted by molar-refractivity contribution is 5.38. The third-order valence-corrected chi connectivity index (χ3v) is 6.88. The minimum atomic E-state index is -1.39. The maximum absolute atomic E-state index is 10.5. The normalized spacial score (nSPS) is 32.1. The summed E-state index contributed by atoms with van der Waals surface area (Å²) in [5, 5.41) is 40.1. The summed E-state index contributed by atoms with van der Waals surface area (Å²) in [7, 11) is 1.75. The van der Waals surface area contributed by atoms with Crippen molar-refractivity contribution in [2.45, 2.75) is 75.3 Å². The quantitative estimate of drug-likeness (QED) is 0.503. The van der Waals surface area contributed by atoms with Gasteiger partial charge in [0.15, 0.2) is 0 Å². The van der Waals surface area contributed by atoms with Crippen LogP contribution in [0, 0.1) is 6.92 Å². The van der Waals surface area contributed by atoms with Crippen LogP contribution in [-0.4, -0.2) is 70.8 Å². The van der Waals surface area contributed by atoms with E-state index in [9.17, 15) is 20.4 Å². The second-order valence-corrected chi connectivity index (χ2v) is 9.17. The zero-order valence-electron chi connectivity index (χ0n) is 19.1. The first kappa shape index (κ1) is 24.1. The molecule has 1 unspecified atom stereocenters. The molecule has 0 aromatic heterocycles. The van der Waals surface area contributed by atoms with E-state index in [0.717, 1.165) is 41.7 Å². The Balaban J connectivity index is 1.45. The number of hydrogen-bond acceptors (Lipinski definition) is 7. The van der Waals surface area contributed by atoms with Crippen molar-refractivity contribution >= 4 is 0 Å². The van der Waals surface area contributed by atoms with Gasteiger partial charge in [-0.15, -0.1) is 0 Å². The predicted molar refractivity (Wildman–Crippen MR) is 122 cm³/mol. The molecule has 0 spiro atoms. The van der Waals surface area contributed by atoms with E-state index in [4.69, 9.17) is 14.2 Å². The van der Waals surface area contributed by atoms with E-state index in [1.54, 1.807) is 7.11 Å². The molecule has 7 nitrogen and oxygen atoms in total. The van der Waals surface area contributed by atoms with Crippen molar-refractivity contribution in [3.8, 4) is 5.75 Å². The first-order valence-electron chi connectivity index (χ1n) is 11.6. The molecule has 1 saturated carbocycles. The summed E-state index contributed by atoms with van der Waals surface area (Å²) in [5.74, 6) is 0.854. The highest BCUT2D eigenvalue weighted by Crippen LogP contribution is 2.34. The van der Waals surface area contributed by atoms with Crippen LogP contribution in [0.15, 0.2) is 42.5 Å². The first-order chi connectivity index (χ1) is 15.9. The van der Waals surface area contributed by atoms with Crippen molar-refractivity contribution in [3.05, 3.63) is 64.7 Å². The molecule has 0 amide bonds. The van der Waals surface area contributed by atoms with Crippen molar-refractivity contribution in [2.24, 2.45) is 0 Å². The lowest BCUT2D eigenvalue weighted by Crippen LogP contribution is -2.55. The number of aliphatic hydroxyl groups excluding tert-OH is 4. The number of hydrogen-bond donors (Lipinski definition) is 4. The van der Waals surface area contributed by atoms with Gasteiger partial charge in [0, 0.05) is 13.5 Å². The van der Waals surface area contributed by atoms with E-state index in [1.807, 2.05) is 37.3 Å². The van der Waals surface area contributed by atoms with Gasteiger partial charge in [-0.1, -0.05) is 30.3 Å². The van der Waals surface area contributed by atoms with Gasteiger partial charge in [-0.05, 0) is 60.6 Å². The maximum atomic E-state index is 10.5. The van der Waals surface area contributed by atoms with Crippen molar-refractivity contribution in [1.82, 2.24) is 0 Å². The van der Waals surface area contributed by atoms with Crippen LogP contribution in [0.5, 0.6) is 5.75 Å². The van der Waals surface area contributed by atoms with Gasteiger partial charge in [-0.3, -0.25) is 0 Å². The molecule has 7 heteroatoms. The van der Waals surface area contributed by atoms with Gasteiger partial charge >= 0.3 is 0 Å². The topological polar surface area (TPSA) is 109 Å². The lowest BCUT2D eigenvalue weighted by molar-refractivity contribution is -0.231. The fourth-order valence-corrected chi connectivity index (χ4v) is 4.76. The van der Waals surface area contributed by atoms with Gasteiger partial charge in [0.25, 0.3) is 0 Å². The second-order valence-electron chi connectivity index (χ2n) is 9.17. The van der Waals surface area contributed by atoms with Crippen LogP contribution in [0.1, 0.15) is 47.6 Å². The van der Waals surface area contributed by atoms with Crippen molar-refractivity contribution in [3.63, 3.8) is 0 Å². The summed E-state index contributed by atoms with van der Waals surface area (Å²) in [6.45, 7) is 1.58. The minimum Gasteiger partial charge on any atom is -0.490 e. The number of benzene rings is 2. The molecule has 2 aromatic rings. The molecule has 7 atom stereocenters. The third-order valence-electron chi connectivity index (χ3n) is 6.88. The molecule has 2 aromatic carbocycles. The Labute approximate surface area is 194 Å². The van der Waals surface area contributed by atoms with Crippen molar-refractivity contribution < 1.29 is 34.6 Å². The predicted octanol–water partition coefficient (Wildman–Crippen LogP) is 2.05. The lowest BCUT2D eigenvalue weighted by atomic mass is 9.89. The van der Waals surface area contributed by atoms with Gasteiger partial charge in [0.2, 0.25) is 0 Å². The van der Waals surface area contributed by atoms with Crippen LogP contribution >= 0.6 is 0 Å². The Morgan fingerprint density at radius 1 is 0.939 bits per heavy atom. The molecule has 2 fully saturated rings. The average Bonchev–Trinajstić information content (AvgIpc) is 3.28. The van der Waals surface area contributed by atoms with E-state index < -0.39 is 37.1 Å². The Morgan fingerprint density at radius 2 is 1.67 bits per heavy atom. The van der Waals surface area contributed by atoms with Gasteiger partial charge in [0.1, 0.15) is 42.4 Å². The smallest absolute Gasteiger partial charge is 0.119 e. The van der Waals surface area contributed by atoms with Crippen LogP contribution in [0.2, 0.25) is 0 Å². The summed E-state index contributed by atoms with van der Waals surface area (Å²) in [6.07, 6.45) is -1.69. The first-order valence-corrected chi connectivity index (χ1v) is 11.6. The SMILES string of the molecule is CO[C@H]1CCC(Oc2ccc(Cc3cc([C@@H]4O[C@H](CO)[C@@H](O)[C@H](O)[C@H]4O)ccc3C)cc2)C1. The largest absolute Gasteiger partial charge is 0.490 e. The molecule has 0 bridgehead atoms. The molecule has 33 heavy (non-hydrogen) atoms. The van der Waals surface area contributed by atoms with E-state index in [2.05, 4.69) is 12.1 Å². The second kappa shape index (κ2) is 10.5. The molecular formula is C26H34O7. The number of methoxy groups -OCH3 is 1. The van der Waals surface area contributed by atoms with Crippen molar-refractivity contribution in [2.75, 3.05) is 13.7 Å². The Bertz CT molecular complexity index is 913. The molecule has 0 radical (unpaired) electrons. The molecule has 1 aliphatic carbocycles. The molecule has 180 valence electrons. The van der Waals surface area contributed by atoms with E-state index in [1.165, 1.54) is 0 Å². The fraction of sp³-hybridized carbons (Fsp3) is 0.538. The third kappa shape index (κ3) is 5.40. The van der Waals surface area contributed by atoms with Crippen LogP contribution in [0.25, 0.3) is 0 Å². The molecule has 1 heterocycles. The minimum absolute atomic E-state index is 0.193. The molecule has 4 rings (SSSR count). The summed E-state index contributed by atoms with van der Waals surface area (Å²) < 4.78 is 17.2. The number of rotatable bonds is 7. The number of aryl methyl sites for hydroxylation is 1. The molecule has 1 saturated heterocycles. The highest BCUT2D eigenvalue weighted by atomic mass is 16.5. The summed E-state index contributed by atoms with van der Waals surface area (Å²) in [6, 6.07) is 13.8. The maximum Gasteiger partial charge on any atom is 0.119 e. The fourth-order valence-electron chi connectivity index (χ4n) is 4.76. The summed E-state index contributed by atoms with van der Waals surface area (Å²) >= 11 is 0. The Kier molecular flexibility index (Phi) is 7.69. The monoisotopic (exact) mass is 458 g/mol. The Morgan fingerprint density at radius 3 is 2.33 bits per heavy atom. The average molecular weight is 459 g/mol. The summed E-state index contributed by atoms with van der Waals surface area (Å²) in [5.41, 5.74) is 3.98. The van der Waals surface area contributed by atoms with Crippen LogP contribution < -0.4 is 4.74 Å². The summed E-state index contributed by atoms with van der Waals surface area (Å²) in [4.78, 5) is 0. The Hall–Kier alpha value is -2.00. The van der Waals surface area contributed by atoms with E-state index in [-0.39, 0.29) is 12.2 Å². The standard InChI is InChI=1S/C26H34O7/c1-15-3-6-17(26-25(30)24(29)23(28)22(14-27)33-26)12-18(15)11-16-4-7-19(8-5-16)32-21-10-9-20(13-21)31-2/h3-8,12,20-30H,9-11,13-14H2,1-2H3/t20-,21?,22+,23+,24-,25+,26-/m0/s1. The van der Waals surface area contributed by atoms with Gasteiger partial charge < -0.3 is 34.6 Å². The zero-order valence-corrected chi connectivity index (χ0v) is 19.1. The lowest BCUT2D eigenvalue weighted by Gasteiger charge is -2.40. The molecule has 2 aliphatic rings. The van der Waals surface area contributed by atoms with Crippen LogP contribution in [0.4, 0.5) is 0 Å². The number of ether oxygens (including phenoxy) is 3.